The summed E-state index contributed by atoms with van der Waals surface area (Å²) in [5.41, 5.74) is 4.86. The third-order valence-electron chi connectivity index (χ3n) is 8.55. The van der Waals surface area contributed by atoms with Gasteiger partial charge in [0.15, 0.2) is 5.76 Å². The topological polar surface area (TPSA) is 55.9 Å². The Bertz CT molecular complexity index is 1300. The van der Waals surface area contributed by atoms with E-state index in [2.05, 4.69) is 76.1 Å². The van der Waals surface area contributed by atoms with Gasteiger partial charge < -0.3 is 13.9 Å². The van der Waals surface area contributed by atoms with Crippen molar-refractivity contribution in [2.45, 2.75) is 37.9 Å². The molecule has 2 bridgehead atoms. The van der Waals surface area contributed by atoms with E-state index in [4.69, 9.17) is 19.0 Å². The van der Waals surface area contributed by atoms with Gasteiger partial charge in [0.1, 0.15) is 17.2 Å². The van der Waals surface area contributed by atoms with E-state index in [1.54, 1.807) is 20.5 Å². The van der Waals surface area contributed by atoms with Gasteiger partial charge in [-0.3, -0.25) is 14.5 Å². The molecule has 2 aromatic carbocycles. The zero-order chi connectivity index (χ0) is 26.8. The largest absolute Gasteiger partial charge is 0.497 e. The van der Waals surface area contributed by atoms with E-state index in [9.17, 15) is 0 Å². The monoisotopic (exact) mass is 526 g/mol. The quantitative estimate of drug-likeness (QED) is 0.269. The van der Waals surface area contributed by atoms with Crippen LogP contribution in [0.5, 0.6) is 11.5 Å². The summed E-state index contributed by atoms with van der Waals surface area (Å²) in [5.74, 6) is 3.81. The Balaban J connectivity index is 1.17. The predicted molar refractivity (Wildman–Crippen MR) is 152 cm³/mol. The van der Waals surface area contributed by atoms with Crippen molar-refractivity contribution in [3.05, 3.63) is 89.8 Å². The van der Waals surface area contributed by atoms with E-state index >= 15 is 0 Å². The Morgan fingerprint density at radius 3 is 2.15 bits per heavy atom. The predicted octanol–water partition coefficient (Wildman–Crippen LogP) is 5.58. The molecule has 3 saturated heterocycles. The summed E-state index contributed by atoms with van der Waals surface area (Å²) >= 11 is 0. The van der Waals surface area contributed by atoms with E-state index in [0.29, 0.717) is 17.9 Å². The molecule has 204 valence electrons. The van der Waals surface area contributed by atoms with Crippen LogP contribution in [0.1, 0.15) is 35.6 Å². The normalized spacial score (nSPS) is 22.4. The number of aryl methyl sites for hydroxylation is 1. The number of aromatic nitrogens is 2. The number of methoxy groups -OCH3 is 2. The van der Waals surface area contributed by atoms with Crippen molar-refractivity contribution >= 4 is 0 Å². The summed E-state index contributed by atoms with van der Waals surface area (Å²) in [4.78, 5) is 5.32. The Hall–Kier alpha value is -3.55. The number of piperidine rings is 3. The summed E-state index contributed by atoms with van der Waals surface area (Å²) in [6.07, 6.45) is 4.18. The van der Waals surface area contributed by atoms with Gasteiger partial charge in [0.25, 0.3) is 0 Å². The van der Waals surface area contributed by atoms with Gasteiger partial charge in [0, 0.05) is 50.9 Å². The molecule has 1 unspecified atom stereocenters. The Morgan fingerprint density at radius 2 is 1.62 bits per heavy atom. The molecule has 0 amide bonds. The zero-order valence-electron chi connectivity index (χ0n) is 23.1. The number of furan rings is 1. The standard InChI is InChI=1S/C32H38N4O3/c1-34-31(18-30(33-34)32-5-4-16-39-32)29-22-36-15-14-25(29)17-26(36)21-35(19-23-6-10-27(37-2)11-7-23)20-24-8-12-28(38-3)13-9-24/h4-13,16,18,25-26,29H,14-15,17,19-22H2,1-3H3/t25-,26+,29-/m0/s1. The second-order valence-corrected chi connectivity index (χ2v) is 11.0. The summed E-state index contributed by atoms with van der Waals surface area (Å²) in [7, 11) is 5.50. The molecule has 7 nitrogen and oxygen atoms in total. The lowest BCUT2D eigenvalue weighted by Crippen LogP contribution is -2.56. The van der Waals surface area contributed by atoms with Crippen molar-refractivity contribution in [2.24, 2.45) is 13.0 Å². The van der Waals surface area contributed by atoms with Crippen molar-refractivity contribution in [1.29, 1.82) is 0 Å². The van der Waals surface area contributed by atoms with Crippen LogP contribution in [0, 0.1) is 5.92 Å². The van der Waals surface area contributed by atoms with Crippen LogP contribution in [0.15, 0.2) is 77.4 Å². The molecule has 39 heavy (non-hydrogen) atoms. The van der Waals surface area contributed by atoms with Crippen molar-refractivity contribution in [3.8, 4) is 23.0 Å². The summed E-state index contributed by atoms with van der Waals surface area (Å²) in [6.45, 7) is 5.12. The third-order valence-corrected chi connectivity index (χ3v) is 8.55. The molecule has 0 saturated carbocycles. The molecule has 0 aliphatic carbocycles. The highest BCUT2D eigenvalue weighted by Crippen LogP contribution is 2.43. The Morgan fingerprint density at radius 1 is 0.949 bits per heavy atom. The van der Waals surface area contributed by atoms with Crippen molar-refractivity contribution in [3.63, 3.8) is 0 Å². The number of fused-ring (bicyclic) bond motifs is 3. The van der Waals surface area contributed by atoms with Gasteiger partial charge in [-0.2, -0.15) is 5.10 Å². The number of rotatable bonds is 10. The highest BCUT2D eigenvalue weighted by molar-refractivity contribution is 5.52. The molecule has 7 rings (SSSR count). The van der Waals surface area contributed by atoms with Gasteiger partial charge in [0.2, 0.25) is 0 Å². The van der Waals surface area contributed by atoms with Gasteiger partial charge in [0.05, 0.1) is 20.5 Å². The molecule has 0 radical (unpaired) electrons. The third kappa shape index (κ3) is 5.60. The second kappa shape index (κ2) is 11.3. The molecule has 2 aromatic heterocycles. The van der Waals surface area contributed by atoms with Gasteiger partial charge in [-0.05, 0) is 78.9 Å². The number of hydrogen-bond donors (Lipinski definition) is 0. The molecular formula is C32H38N4O3. The number of benzene rings is 2. The lowest BCUT2D eigenvalue weighted by atomic mass is 9.74. The van der Waals surface area contributed by atoms with Crippen LogP contribution in [-0.4, -0.2) is 59.5 Å². The summed E-state index contributed by atoms with van der Waals surface area (Å²) < 4.78 is 18.4. The smallest absolute Gasteiger partial charge is 0.154 e. The summed E-state index contributed by atoms with van der Waals surface area (Å²) in [5, 5.41) is 4.78. The van der Waals surface area contributed by atoms with Gasteiger partial charge >= 0.3 is 0 Å². The first-order chi connectivity index (χ1) is 19.1. The van der Waals surface area contributed by atoms with Gasteiger partial charge in [-0.1, -0.05) is 24.3 Å². The van der Waals surface area contributed by atoms with Crippen LogP contribution in [0.2, 0.25) is 0 Å². The molecule has 3 fully saturated rings. The van der Waals surface area contributed by atoms with Crippen LogP contribution < -0.4 is 9.47 Å². The Kier molecular flexibility index (Phi) is 7.44. The second-order valence-electron chi connectivity index (χ2n) is 11.0. The minimum absolute atomic E-state index is 0.507. The van der Waals surface area contributed by atoms with Gasteiger partial charge in [-0.15, -0.1) is 0 Å². The maximum Gasteiger partial charge on any atom is 0.154 e. The van der Waals surface area contributed by atoms with Crippen LogP contribution in [0.3, 0.4) is 0 Å². The fourth-order valence-corrected chi connectivity index (χ4v) is 6.50. The lowest BCUT2D eigenvalue weighted by molar-refractivity contribution is 0.00762. The molecule has 3 aliphatic rings. The first-order valence-corrected chi connectivity index (χ1v) is 13.9. The SMILES string of the molecule is COc1ccc(CN(Cc2ccc(OC)cc2)C[C@H]2C[C@@H]3CCN2C[C@@H]3c2cc(-c3ccco3)nn2C)cc1. The lowest BCUT2D eigenvalue weighted by Gasteiger charge is -2.51. The molecule has 4 atom stereocenters. The molecule has 3 aliphatic heterocycles. The van der Waals surface area contributed by atoms with Crippen molar-refractivity contribution in [2.75, 3.05) is 33.9 Å². The minimum Gasteiger partial charge on any atom is -0.497 e. The maximum absolute atomic E-state index is 5.62. The average molecular weight is 527 g/mol. The molecule has 7 heteroatoms. The molecule has 0 spiro atoms. The number of ether oxygens (including phenoxy) is 2. The van der Waals surface area contributed by atoms with E-state index in [1.165, 1.54) is 36.2 Å². The van der Waals surface area contributed by atoms with Crippen LogP contribution in [0.25, 0.3) is 11.5 Å². The van der Waals surface area contributed by atoms with E-state index in [1.807, 2.05) is 12.1 Å². The fourth-order valence-electron chi connectivity index (χ4n) is 6.50. The average Bonchev–Trinajstić information content (AvgIpc) is 3.64. The number of hydrogen-bond acceptors (Lipinski definition) is 6. The van der Waals surface area contributed by atoms with Crippen LogP contribution in [0.4, 0.5) is 0 Å². The van der Waals surface area contributed by atoms with Crippen LogP contribution >= 0.6 is 0 Å². The first-order valence-electron chi connectivity index (χ1n) is 13.9. The molecule has 4 aromatic rings. The highest BCUT2D eigenvalue weighted by atomic mass is 16.5. The highest BCUT2D eigenvalue weighted by Gasteiger charge is 2.42. The van der Waals surface area contributed by atoms with Crippen molar-refractivity contribution in [1.82, 2.24) is 19.6 Å². The van der Waals surface area contributed by atoms with E-state index in [0.717, 1.165) is 49.1 Å². The van der Waals surface area contributed by atoms with E-state index < -0.39 is 0 Å². The Labute approximate surface area is 230 Å². The number of nitrogens with zero attached hydrogens (tertiary/aromatic N) is 4. The zero-order valence-corrected chi connectivity index (χ0v) is 23.1. The maximum atomic E-state index is 5.62. The molecular weight excluding hydrogens is 488 g/mol. The first kappa shape index (κ1) is 25.7. The van der Waals surface area contributed by atoms with Crippen LogP contribution in [-0.2, 0) is 20.1 Å². The molecule has 5 heterocycles. The van der Waals surface area contributed by atoms with Gasteiger partial charge in [-0.25, -0.2) is 0 Å². The van der Waals surface area contributed by atoms with E-state index in [-0.39, 0.29) is 0 Å². The van der Waals surface area contributed by atoms with Crippen molar-refractivity contribution < 1.29 is 13.9 Å². The minimum atomic E-state index is 0.507. The summed E-state index contributed by atoms with van der Waals surface area (Å²) in [6, 6.07) is 23.7. The fraction of sp³-hybridized carbons (Fsp3) is 0.406. The molecule has 0 N–H and O–H groups in total.